The SMILES string of the molecule is O=C(NCc1cc(Br)cs1)NC[C@H]1CCCO1. The Morgan fingerprint density at radius 1 is 1.59 bits per heavy atom. The van der Waals surface area contributed by atoms with E-state index in [1.165, 1.54) is 0 Å². The third-order valence-electron chi connectivity index (χ3n) is 2.56. The van der Waals surface area contributed by atoms with Gasteiger partial charge in [-0.15, -0.1) is 11.3 Å². The standard InChI is InChI=1S/C11H15BrN2O2S/c12-8-4-10(17-7-8)6-14-11(15)13-5-9-2-1-3-16-9/h4,7,9H,1-3,5-6H2,(H2,13,14,15)/t9-/m1/s1. The molecule has 6 heteroatoms. The van der Waals surface area contributed by atoms with Gasteiger partial charge in [0.25, 0.3) is 0 Å². The van der Waals surface area contributed by atoms with Crippen LogP contribution in [0.15, 0.2) is 15.9 Å². The van der Waals surface area contributed by atoms with E-state index in [1.807, 2.05) is 11.4 Å². The number of thiophene rings is 1. The topological polar surface area (TPSA) is 50.4 Å². The molecule has 0 aromatic carbocycles. The highest BCUT2D eigenvalue weighted by molar-refractivity contribution is 9.10. The lowest BCUT2D eigenvalue weighted by Gasteiger charge is -2.11. The zero-order valence-electron chi connectivity index (χ0n) is 9.37. The molecule has 0 bridgehead atoms. The minimum atomic E-state index is -0.134. The minimum absolute atomic E-state index is 0.134. The lowest BCUT2D eigenvalue weighted by Crippen LogP contribution is -2.39. The molecule has 0 unspecified atom stereocenters. The van der Waals surface area contributed by atoms with Gasteiger partial charge in [0.1, 0.15) is 0 Å². The molecule has 94 valence electrons. The summed E-state index contributed by atoms with van der Waals surface area (Å²) in [4.78, 5) is 12.6. The highest BCUT2D eigenvalue weighted by atomic mass is 79.9. The Bertz CT molecular complexity index is 377. The molecule has 1 aliphatic rings. The normalized spacial score (nSPS) is 19.2. The van der Waals surface area contributed by atoms with Crippen LogP contribution in [0, 0.1) is 0 Å². The Hall–Kier alpha value is -0.590. The van der Waals surface area contributed by atoms with E-state index in [9.17, 15) is 4.79 Å². The number of carbonyl (C=O) groups excluding carboxylic acids is 1. The van der Waals surface area contributed by atoms with Gasteiger partial charge >= 0.3 is 6.03 Å². The van der Waals surface area contributed by atoms with Crippen LogP contribution in [0.1, 0.15) is 17.7 Å². The first kappa shape index (κ1) is 12.9. The third-order valence-corrected chi connectivity index (χ3v) is 4.26. The Morgan fingerprint density at radius 2 is 2.47 bits per heavy atom. The molecular weight excluding hydrogens is 304 g/mol. The molecule has 0 spiro atoms. The van der Waals surface area contributed by atoms with Crippen molar-refractivity contribution in [2.75, 3.05) is 13.2 Å². The number of urea groups is 1. The summed E-state index contributed by atoms with van der Waals surface area (Å²) in [6.45, 7) is 1.98. The van der Waals surface area contributed by atoms with Crippen LogP contribution in [-0.4, -0.2) is 25.3 Å². The molecule has 2 N–H and O–H groups in total. The smallest absolute Gasteiger partial charge is 0.315 e. The highest BCUT2D eigenvalue weighted by Crippen LogP contribution is 2.19. The van der Waals surface area contributed by atoms with Crippen molar-refractivity contribution in [1.82, 2.24) is 10.6 Å². The van der Waals surface area contributed by atoms with Crippen LogP contribution in [0.4, 0.5) is 4.79 Å². The largest absolute Gasteiger partial charge is 0.376 e. The molecule has 2 amide bonds. The van der Waals surface area contributed by atoms with Crippen LogP contribution in [0.2, 0.25) is 0 Å². The maximum atomic E-state index is 11.5. The lowest BCUT2D eigenvalue weighted by molar-refractivity contribution is 0.111. The highest BCUT2D eigenvalue weighted by Gasteiger charge is 2.15. The zero-order valence-corrected chi connectivity index (χ0v) is 11.8. The van der Waals surface area contributed by atoms with Crippen molar-refractivity contribution in [2.24, 2.45) is 0 Å². The van der Waals surface area contributed by atoms with Crippen molar-refractivity contribution in [1.29, 1.82) is 0 Å². The molecule has 0 saturated carbocycles. The molecule has 17 heavy (non-hydrogen) atoms. The molecule has 1 aliphatic heterocycles. The van der Waals surface area contributed by atoms with Crippen molar-refractivity contribution >= 4 is 33.3 Å². The van der Waals surface area contributed by atoms with E-state index < -0.39 is 0 Å². The fourth-order valence-corrected chi connectivity index (χ4v) is 3.08. The van der Waals surface area contributed by atoms with Crippen molar-refractivity contribution in [3.05, 3.63) is 20.8 Å². The van der Waals surface area contributed by atoms with Crippen molar-refractivity contribution in [3.63, 3.8) is 0 Å². The molecular formula is C11H15BrN2O2S. The monoisotopic (exact) mass is 318 g/mol. The van der Waals surface area contributed by atoms with Gasteiger partial charge in [-0.05, 0) is 34.8 Å². The average molecular weight is 319 g/mol. The number of nitrogens with one attached hydrogen (secondary N) is 2. The van der Waals surface area contributed by atoms with Gasteiger partial charge in [0.05, 0.1) is 12.6 Å². The summed E-state index contributed by atoms with van der Waals surface area (Å²) in [5.74, 6) is 0. The van der Waals surface area contributed by atoms with Gasteiger partial charge in [0.15, 0.2) is 0 Å². The van der Waals surface area contributed by atoms with Crippen LogP contribution >= 0.6 is 27.3 Å². The summed E-state index contributed by atoms with van der Waals surface area (Å²) in [5, 5.41) is 7.64. The number of amides is 2. The predicted molar refractivity (Wildman–Crippen MR) is 71.2 cm³/mol. The summed E-state index contributed by atoms with van der Waals surface area (Å²) in [6, 6.07) is 1.87. The van der Waals surface area contributed by atoms with E-state index in [2.05, 4.69) is 26.6 Å². The van der Waals surface area contributed by atoms with Gasteiger partial charge in [-0.25, -0.2) is 4.79 Å². The van der Waals surface area contributed by atoms with Crippen molar-refractivity contribution in [2.45, 2.75) is 25.5 Å². The fraction of sp³-hybridized carbons (Fsp3) is 0.545. The van der Waals surface area contributed by atoms with Crippen molar-refractivity contribution < 1.29 is 9.53 Å². The maximum absolute atomic E-state index is 11.5. The van der Waals surface area contributed by atoms with Crippen LogP contribution in [-0.2, 0) is 11.3 Å². The van der Waals surface area contributed by atoms with Gasteiger partial charge < -0.3 is 15.4 Å². The summed E-state index contributed by atoms with van der Waals surface area (Å²) in [6.07, 6.45) is 2.33. The lowest BCUT2D eigenvalue weighted by atomic mass is 10.2. The van der Waals surface area contributed by atoms with Gasteiger partial charge in [-0.1, -0.05) is 0 Å². The first-order chi connectivity index (χ1) is 8.24. The van der Waals surface area contributed by atoms with Gasteiger partial charge in [0.2, 0.25) is 0 Å². The number of halogens is 1. The summed E-state index contributed by atoms with van der Waals surface area (Å²) < 4.78 is 6.48. The first-order valence-corrected chi connectivity index (χ1v) is 7.27. The zero-order chi connectivity index (χ0) is 12.1. The first-order valence-electron chi connectivity index (χ1n) is 5.60. The van der Waals surface area contributed by atoms with Crippen LogP contribution in [0.5, 0.6) is 0 Å². The summed E-state index contributed by atoms with van der Waals surface area (Å²) >= 11 is 5.00. The second-order valence-electron chi connectivity index (χ2n) is 3.93. The average Bonchev–Trinajstić information content (AvgIpc) is 2.95. The molecule has 2 rings (SSSR count). The number of hydrogen-bond acceptors (Lipinski definition) is 3. The van der Waals surface area contributed by atoms with Crippen LogP contribution < -0.4 is 10.6 Å². The van der Waals surface area contributed by atoms with Gasteiger partial charge in [0, 0.05) is 27.9 Å². The number of carbonyl (C=O) groups is 1. The maximum Gasteiger partial charge on any atom is 0.315 e. The van der Waals surface area contributed by atoms with Gasteiger partial charge in [-0.3, -0.25) is 0 Å². The predicted octanol–water partition coefficient (Wildman–Crippen LogP) is 2.49. The summed E-state index contributed by atoms with van der Waals surface area (Å²) in [7, 11) is 0. The quantitative estimate of drug-likeness (QED) is 0.896. The number of rotatable bonds is 4. The Morgan fingerprint density at radius 3 is 3.12 bits per heavy atom. The van der Waals surface area contributed by atoms with Gasteiger partial charge in [-0.2, -0.15) is 0 Å². The van der Waals surface area contributed by atoms with Crippen molar-refractivity contribution in [3.8, 4) is 0 Å². The molecule has 1 aromatic heterocycles. The van der Waals surface area contributed by atoms with E-state index in [0.717, 1.165) is 28.8 Å². The molecule has 0 aliphatic carbocycles. The minimum Gasteiger partial charge on any atom is -0.376 e. The number of ether oxygens (including phenoxy) is 1. The van der Waals surface area contributed by atoms with E-state index in [-0.39, 0.29) is 12.1 Å². The third kappa shape index (κ3) is 4.29. The fourth-order valence-electron chi connectivity index (χ4n) is 1.69. The van der Waals surface area contributed by atoms with E-state index in [1.54, 1.807) is 11.3 Å². The molecule has 4 nitrogen and oxygen atoms in total. The van der Waals surface area contributed by atoms with E-state index >= 15 is 0 Å². The van der Waals surface area contributed by atoms with Crippen LogP contribution in [0.3, 0.4) is 0 Å². The Balaban J connectivity index is 1.63. The molecule has 1 fully saturated rings. The Kier molecular flexibility index (Phi) is 4.82. The molecule has 1 saturated heterocycles. The number of hydrogen-bond donors (Lipinski definition) is 2. The molecule has 1 atom stereocenters. The van der Waals surface area contributed by atoms with E-state index in [0.29, 0.717) is 13.1 Å². The Labute approximate surface area is 113 Å². The molecule has 2 heterocycles. The molecule has 1 aromatic rings. The second-order valence-corrected chi connectivity index (χ2v) is 5.84. The second kappa shape index (κ2) is 6.37. The van der Waals surface area contributed by atoms with E-state index in [4.69, 9.17) is 4.74 Å². The van der Waals surface area contributed by atoms with Crippen LogP contribution in [0.25, 0.3) is 0 Å². The summed E-state index contributed by atoms with van der Waals surface area (Å²) in [5.41, 5.74) is 0. The molecule has 0 radical (unpaired) electrons.